The summed E-state index contributed by atoms with van der Waals surface area (Å²) in [7, 11) is 0. The molecule has 2 N–H and O–H groups in total. The molecule has 5 nitrogen and oxygen atoms in total. The van der Waals surface area contributed by atoms with E-state index in [9.17, 15) is 10.1 Å². The molecule has 1 aromatic heterocycles. The van der Waals surface area contributed by atoms with Crippen molar-refractivity contribution < 1.29 is 14.3 Å². The minimum atomic E-state index is -0.521. The van der Waals surface area contributed by atoms with Crippen LogP contribution in [-0.4, -0.2) is 12.6 Å². The molecule has 1 atom stereocenters. The van der Waals surface area contributed by atoms with Gasteiger partial charge in [0.05, 0.1) is 18.1 Å². The van der Waals surface area contributed by atoms with Crippen molar-refractivity contribution in [1.29, 1.82) is 5.26 Å². The van der Waals surface area contributed by atoms with E-state index in [1.54, 1.807) is 13.8 Å². The van der Waals surface area contributed by atoms with Crippen LogP contribution in [0.15, 0.2) is 40.3 Å². The van der Waals surface area contributed by atoms with Crippen LogP contribution >= 0.6 is 11.3 Å². The Morgan fingerprint density at radius 1 is 1.65 bits per heavy atom. The topological polar surface area (TPSA) is 85.3 Å². The Morgan fingerprint density at radius 3 is 2.95 bits per heavy atom. The van der Waals surface area contributed by atoms with Gasteiger partial charge in [0.25, 0.3) is 0 Å². The van der Waals surface area contributed by atoms with Crippen molar-refractivity contribution in [2.45, 2.75) is 19.8 Å². The molecular weight excluding hydrogens is 276 g/mol. The van der Waals surface area contributed by atoms with Crippen molar-refractivity contribution in [3.05, 3.63) is 45.2 Å². The largest absolute Gasteiger partial charge is 0.463 e. The van der Waals surface area contributed by atoms with Crippen LogP contribution in [0, 0.1) is 11.3 Å². The summed E-state index contributed by atoms with van der Waals surface area (Å²) < 4.78 is 10.4. The van der Waals surface area contributed by atoms with Crippen LogP contribution in [0.2, 0.25) is 0 Å². The number of nitrogens with two attached hydrogens (primary N) is 1. The molecule has 0 spiro atoms. The fourth-order valence-corrected chi connectivity index (χ4v) is 2.94. The summed E-state index contributed by atoms with van der Waals surface area (Å²) in [5, 5.41) is 11.2. The Morgan fingerprint density at radius 2 is 2.40 bits per heavy atom. The van der Waals surface area contributed by atoms with E-state index in [-0.39, 0.29) is 18.1 Å². The summed E-state index contributed by atoms with van der Waals surface area (Å²) in [4.78, 5) is 13.0. The first kappa shape index (κ1) is 14.2. The second kappa shape index (κ2) is 5.80. The molecule has 104 valence electrons. The quantitative estimate of drug-likeness (QED) is 0.864. The van der Waals surface area contributed by atoms with Gasteiger partial charge in [-0.05, 0) is 25.3 Å². The number of nitriles is 1. The predicted molar refractivity (Wildman–Crippen MR) is 74.3 cm³/mol. The van der Waals surface area contributed by atoms with Gasteiger partial charge < -0.3 is 15.2 Å². The number of rotatable bonds is 3. The molecule has 0 saturated carbocycles. The van der Waals surface area contributed by atoms with Crippen LogP contribution in [0.3, 0.4) is 0 Å². The predicted octanol–water partition coefficient (Wildman–Crippen LogP) is 2.39. The Bertz CT molecular complexity index is 623. The highest BCUT2D eigenvalue weighted by atomic mass is 32.1. The number of nitrogens with zero attached hydrogens (tertiary/aromatic N) is 1. The molecular formula is C14H14N2O3S. The van der Waals surface area contributed by atoms with E-state index < -0.39 is 11.9 Å². The average molecular weight is 290 g/mol. The zero-order valence-electron chi connectivity index (χ0n) is 11.2. The normalized spacial score (nSPS) is 18.6. The van der Waals surface area contributed by atoms with Crippen molar-refractivity contribution in [3.63, 3.8) is 0 Å². The smallest absolute Gasteiger partial charge is 0.338 e. The van der Waals surface area contributed by atoms with Crippen molar-refractivity contribution in [3.8, 4) is 6.07 Å². The minimum Gasteiger partial charge on any atom is -0.463 e. The third kappa shape index (κ3) is 2.40. The lowest BCUT2D eigenvalue weighted by molar-refractivity contribution is -0.139. The van der Waals surface area contributed by atoms with Gasteiger partial charge in [-0.2, -0.15) is 5.26 Å². The lowest BCUT2D eigenvalue weighted by Crippen LogP contribution is -2.25. The van der Waals surface area contributed by atoms with Crippen molar-refractivity contribution in [1.82, 2.24) is 0 Å². The van der Waals surface area contributed by atoms with Crippen LogP contribution in [0.25, 0.3) is 0 Å². The molecule has 0 fully saturated rings. The summed E-state index contributed by atoms with van der Waals surface area (Å²) >= 11 is 1.45. The van der Waals surface area contributed by atoms with E-state index in [4.69, 9.17) is 15.2 Å². The molecule has 6 heteroatoms. The summed E-state index contributed by atoms with van der Waals surface area (Å²) in [5.41, 5.74) is 6.34. The molecule has 1 aromatic rings. The van der Waals surface area contributed by atoms with Crippen LogP contribution in [0.5, 0.6) is 0 Å². The maximum atomic E-state index is 12.2. The highest BCUT2D eigenvalue weighted by Crippen LogP contribution is 2.41. The third-order valence-corrected chi connectivity index (χ3v) is 3.87. The lowest BCUT2D eigenvalue weighted by atomic mass is 9.87. The zero-order valence-corrected chi connectivity index (χ0v) is 12.0. The lowest BCUT2D eigenvalue weighted by Gasteiger charge is -2.25. The number of esters is 1. The Kier molecular flexibility index (Phi) is 4.11. The number of allylic oxidation sites excluding steroid dienone is 2. The number of ether oxygens (including phenoxy) is 2. The van der Waals surface area contributed by atoms with E-state index in [0.29, 0.717) is 11.3 Å². The molecule has 0 bridgehead atoms. The number of carbonyl (C=O) groups excluding carboxylic acids is 1. The summed E-state index contributed by atoms with van der Waals surface area (Å²) in [6.07, 6.45) is 0. The molecule has 1 aliphatic heterocycles. The van der Waals surface area contributed by atoms with E-state index >= 15 is 0 Å². The molecule has 0 amide bonds. The van der Waals surface area contributed by atoms with Gasteiger partial charge in [0.1, 0.15) is 17.4 Å². The van der Waals surface area contributed by atoms with E-state index in [0.717, 1.165) is 4.88 Å². The number of thiophene rings is 1. The first-order chi connectivity index (χ1) is 9.60. The molecule has 2 heterocycles. The van der Waals surface area contributed by atoms with Gasteiger partial charge in [0.15, 0.2) is 0 Å². The summed E-state index contributed by atoms with van der Waals surface area (Å²) in [6, 6.07) is 5.75. The van der Waals surface area contributed by atoms with Crippen molar-refractivity contribution in [2.75, 3.05) is 6.61 Å². The number of hydrogen-bond acceptors (Lipinski definition) is 6. The van der Waals surface area contributed by atoms with Gasteiger partial charge in [-0.15, -0.1) is 11.3 Å². The van der Waals surface area contributed by atoms with Crippen LogP contribution < -0.4 is 5.73 Å². The molecule has 0 aliphatic carbocycles. The van der Waals surface area contributed by atoms with Gasteiger partial charge in [0, 0.05) is 4.88 Å². The molecule has 2 rings (SSSR count). The average Bonchev–Trinajstić information content (AvgIpc) is 2.91. The first-order valence-electron chi connectivity index (χ1n) is 6.09. The fourth-order valence-electron chi connectivity index (χ4n) is 2.09. The maximum absolute atomic E-state index is 12.2. The molecule has 20 heavy (non-hydrogen) atoms. The SMILES string of the molecule is CCOC(=O)C1=C(C)OC(N)=C(C#N)C1c1cccs1. The van der Waals surface area contributed by atoms with Crippen LogP contribution in [-0.2, 0) is 14.3 Å². The van der Waals surface area contributed by atoms with Gasteiger partial charge in [0.2, 0.25) is 5.88 Å². The molecule has 0 saturated heterocycles. The van der Waals surface area contributed by atoms with Gasteiger partial charge in [-0.25, -0.2) is 4.79 Å². The highest BCUT2D eigenvalue weighted by Gasteiger charge is 2.36. The molecule has 1 aliphatic rings. The van der Waals surface area contributed by atoms with Gasteiger partial charge >= 0.3 is 5.97 Å². The molecule has 0 aromatic carbocycles. The zero-order chi connectivity index (χ0) is 14.7. The Labute approximate surface area is 120 Å². The fraction of sp³-hybridized carbons (Fsp3) is 0.286. The minimum absolute atomic E-state index is 0.0384. The maximum Gasteiger partial charge on any atom is 0.338 e. The van der Waals surface area contributed by atoms with Crippen molar-refractivity contribution >= 4 is 17.3 Å². The van der Waals surface area contributed by atoms with Crippen molar-refractivity contribution in [2.24, 2.45) is 5.73 Å². The Balaban J connectivity index is 2.55. The number of hydrogen-bond donors (Lipinski definition) is 1. The number of carbonyl (C=O) groups is 1. The summed E-state index contributed by atoms with van der Waals surface area (Å²) in [6.45, 7) is 3.63. The highest BCUT2D eigenvalue weighted by molar-refractivity contribution is 7.10. The Hall–Kier alpha value is -2.26. The monoisotopic (exact) mass is 290 g/mol. The third-order valence-electron chi connectivity index (χ3n) is 2.93. The van der Waals surface area contributed by atoms with Crippen LogP contribution in [0.4, 0.5) is 0 Å². The van der Waals surface area contributed by atoms with Gasteiger partial charge in [-0.3, -0.25) is 0 Å². The molecule has 0 radical (unpaired) electrons. The van der Waals surface area contributed by atoms with E-state index in [2.05, 4.69) is 0 Å². The molecule has 1 unspecified atom stereocenters. The van der Waals surface area contributed by atoms with Gasteiger partial charge in [-0.1, -0.05) is 6.07 Å². The van der Waals surface area contributed by atoms with E-state index in [1.807, 2.05) is 23.6 Å². The standard InChI is InChI=1S/C14H14N2O3S/c1-3-18-14(17)11-8(2)19-13(16)9(7-15)12(11)10-5-4-6-20-10/h4-6,12H,3,16H2,1-2H3. The van der Waals surface area contributed by atoms with E-state index in [1.165, 1.54) is 11.3 Å². The van der Waals surface area contributed by atoms with Crippen LogP contribution in [0.1, 0.15) is 24.6 Å². The first-order valence-corrected chi connectivity index (χ1v) is 6.97. The second-order valence-electron chi connectivity index (χ2n) is 4.13. The second-order valence-corrected chi connectivity index (χ2v) is 5.11. The summed E-state index contributed by atoms with van der Waals surface area (Å²) in [5.74, 6) is -0.591.